The fraction of sp³-hybridized carbons (Fsp3) is 0.562. The highest BCUT2D eigenvalue weighted by molar-refractivity contribution is 6.05. The highest BCUT2D eigenvalue weighted by Crippen LogP contribution is 2.19. The Hall–Kier alpha value is -2.55. The van der Waals surface area contributed by atoms with Crippen LogP contribution in [0.3, 0.4) is 0 Å². The maximum atomic E-state index is 12.4. The molecule has 0 spiro atoms. The Kier molecular flexibility index (Phi) is 9.09. The predicted molar refractivity (Wildman–Crippen MR) is 87.6 cm³/mol. The molecule has 0 unspecified atom stereocenters. The van der Waals surface area contributed by atoms with Crippen LogP contribution in [0.2, 0.25) is 0 Å². The fourth-order valence-corrected chi connectivity index (χ4v) is 1.80. The molecule has 1 rings (SSSR count). The average Bonchev–Trinajstić information content (AvgIpc) is 2.59. The summed E-state index contributed by atoms with van der Waals surface area (Å²) in [4.78, 5) is 49.3. The van der Waals surface area contributed by atoms with Crippen molar-refractivity contribution < 1.29 is 28.7 Å². The number of nitrogens with zero attached hydrogens (tertiary/aromatic N) is 3. The largest absolute Gasteiger partial charge is 0.466 e. The first-order valence-corrected chi connectivity index (χ1v) is 8.13. The topological polar surface area (TPSA) is 108 Å². The van der Waals surface area contributed by atoms with Crippen LogP contribution in [0.5, 0.6) is 0 Å². The second-order valence-corrected chi connectivity index (χ2v) is 4.84. The Morgan fingerprint density at radius 2 is 1.84 bits per heavy atom. The number of hydroxylamine groups is 1. The van der Waals surface area contributed by atoms with Gasteiger partial charge in [0.1, 0.15) is 18.3 Å². The third-order valence-corrected chi connectivity index (χ3v) is 2.92. The van der Waals surface area contributed by atoms with Crippen LogP contribution in [-0.4, -0.2) is 47.6 Å². The zero-order valence-corrected chi connectivity index (χ0v) is 14.7. The van der Waals surface area contributed by atoms with Gasteiger partial charge < -0.3 is 9.47 Å². The van der Waals surface area contributed by atoms with Crippen molar-refractivity contribution in [2.45, 2.75) is 40.0 Å². The average molecular weight is 353 g/mol. The van der Waals surface area contributed by atoms with Crippen molar-refractivity contribution in [3.63, 3.8) is 0 Å². The number of unbranched alkanes of at least 4 members (excludes halogenated alkanes) is 1. The van der Waals surface area contributed by atoms with Gasteiger partial charge >= 0.3 is 11.9 Å². The SMILES string of the molecule is CCCCON(C(=O)CC(=O)OCC)c1ncncc1C(=O)OCC. The summed E-state index contributed by atoms with van der Waals surface area (Å²) in [6.07, 6.45) is 3.39. The molecule has 0 aliphatic rings. The van der Waals surface area contributed by atoms with Gasteiger partial charge in [0.05, 0.1) is 19.8 Å². The second kappa shape index (κ2) is 11.1. The van der Waals surface area contributed by atoms with Gasteiger partial charge in [-0.1, -0.05) is 13.3 Å². The molecule has 0 aromatic carbocycles. The summed E-state index contributed by atoms with van der Waals surface area (Å²) >= 11 is 0. The predicted octanol–water partition coefficient (Wildman–Crippen LogP) is 1.67. The minimum atomic E-state index is -0.696. The van der Waals surface area contributed by atoms with Crippen LogP contribution < -0.4 is 5.06 Å². The smallest absolute Gasteiger partial charge is 0.343 e. The lowest BCUT2D eigenvalue weighted by Crippen LogP contribution is -2.35. The molecule has 0 N–H and O–H groups in total. The molecule has 0 aliphatic carbocycles. The number of ether oxygens (including phenoxy) is 2. The molecule has 9 nitrogen and oxygen atoms in total. The zero-order valence-electron chi connectivity index (χ0n) is 14.7. The van der Waals surface area contributed by atoms with Crippen LogP contribution in [0.1, 0.15) is 50.4 Å². The normalized spacial score (nSPS) is 10.2. The van der Waals surface area contributed by atoms with Crippen LogP contribution in [0.25, 0.3) is 0 Å². The van der Waals surface area contributed by atoms with Gasteiger partial charge in [-0.05, 0) is 20.3 Å². The summed E-state index contributed by atoms with van der Waals surface area (Å²) in [5, 5.41) is 0.834. The Labute approximate surface area is 146 Å². The summed E-state index contributed by atoms with van der Waals surface area (Å²) in [7, 11) is 0. The van der Waals surface area contributed by atoms with Gasteiger partial charge in [0.25, 0.3) is 5.91 Å². The van der Waals surface area contributed by atoms with Gasteiger partial charge in [-0.25, -0.2) is 14.8 Å². The van der Waals surface area contributed by atoms with E-state index in [4.69, 9.17) is 14.3 Å². The summed E-state index contributed by atoms with van der Waals surface area (Å²) in [6.45, 7) is 5.79. The van der Waals surface area contributed by atoms with E-state index in [1.54, 1.807) is 13.8 Å². The third-order valence-electron chi connectivity index (χ3n) is 2.92. The van der Waals surface area contributed by atoms with Crippen molar-refractivity contribution in [3.05, 3.63) is 18.1 Å². The van der Waals surface area contributed by atoms with Gasteiger partial charge in [-0.3, -0.25) is 14.4 Å². The molecule has 0 saturated carbocycles. The van der Waals surface area contributed by atoms with Crippen molar-refractivity contribution in [1.82, 2.24) is 9.97 Å². The van der Waals surface area contributed by atoms with Crippen LogP contribution in [-0.2, 0) is 23.9 Å². The molecule has 9 heteroatoms. The van der Waals surface area contributed by atoms with Gasteiger partial charge in [-0.2, -0.15) is 5.06 Å². The number of anilines is 1. The first-order chi connectivity index (χ1) is 12.0. The van der Waals surface area contributed by atoms with Crippen LogP contribution in [0.4, 0.5) is 5.82 Å². The number of amides is 1. The number of hydrogen-bond donors (Lipinski definition) is 0. The van der Waals surface area contributed by atoms with Crippen molar-refractivity contribution in [2.24, 2.45) is 0 Å². The molecule has 1 aromatic rings. The van der Waals surface area contributed by atoms with Crippen molar-refractivity contribution in [1.29, 1.82) is 0 Å². The molecule has 0 radical (unpaired) electrons. The van der Waals surface area contributed by atoms with E-state index in [1.165, 1.54) is 12.5 Å². The standard InChI is InChI=1S/C16H23N3O6/c1-4-7-8-25-19(13(20)9-14(21)23-5-2)15-12(10-17-11-18-15)16(22)24-6-3/h10-11H,4-9H2,1-3H3. The summed E-state index contributed by atoms with van der Waals surface area (Å²) in [5.74, 6) is -2.15. The molecule has 0 aliphatic heterocycles. The molecule has 0 bridgehead atoms. The molecule has 25 heavy (non-hydrogen) atoms. The van der Waals surface area contributed by atoms with E-state index < -0.39 is 24.3 Å². The van der Waals surface area contributed by atoms with E-state index >= 15 is 0 Å². The number of esters is 2. The van der Waals surface area contributed by atoms with Crippen LogP contribution >= 0.6 is 0 Å². The van der Waals surface area contributed by atoms with Crippen molar-refractivity contribution in [3.8, 4) is 0 Å². The fourth-order valence-electron chi connectivity index (χ4n) is 1.80. The molecular weight excluding hydrogens is 330 g/mol. The Morgan fingerprint density at radius 3 is 2.48 bits per heavy atom. The highest BCUT2D eigenvalue weighted by atomic mass is 16.7. The summed E-state index contributed by atoms with van der Waals surface area (Å²) in [5.41, 5.74) is -0.0296. The van der Waals surface area contributed by atoms with Crippen molar-refractivity contribution in [2.75, 3.05) is 24.9 Å². The van der Waals surface area contributed by atoms with Gasteiger partial charge in [0, 0.05) is 6.20 Å². The van der Waals surface area contributed by atoms with Gasteiger partial charge in [0.15, 0.2) is 5.82 Å². The highest BCUT2D eigenvalue weighted by Gasteiger charge is 2.27. The summed E-state index contributed by atoms with van der Waals surface area (Å²) in [6, 6.07) is 0. The molecule has 138 valence electrons. The molecular formula is C16H23N3O6. The molecule has 1 heterocycles. The maximum absolute atomic E-state index is 12.4. The quantitative estimate of drug-likeness (QED) is 0.270. The number of carbonyl (C=O) groups is 3. The zero-order chi connectivity index (χ0) is 18.7. The lowest BCUT2D eigenvalue weighted by atomic mass is 10.3. The second-order valence-electron chi connectivity index (χ2n) is 4.84. The lowest BCUT2D eigenvalue weighted by Gasteiger charge is -2.22. The van der Waals surface area contributed by atoms with Crippen LogP contribution in [0.15, 0.2) is 12.5 Å². The molecule has 1 aromatic heterocycles. The Balaban J connectivity index is 3.08. The van der Waals surface area contributed by atoms with E-state index in [0.29, 0.717) is 6.42 Å². The van der Waals surface area contributed by atoms with Gasteiger partial charge in [0.2, 0.25) is 0 Å². The third kappa shape index (κ3) is 6.46. The maximum Gasteiger partial charge on any atom is 0.343 e. The molecule has 1 amide bonds. The minimum Gasteiger partial charge on any atom is -0.466 e. The lowest BCUT2D eigenvalue weighted by molar-refractivity contribution is -0.147. The number of rotatable bonds is 10. The Bertz CT molecular complexity index is 593. The number of aromatic nitrogens is 2. The first kappa shape index (κ1) is 20.5. The van der Waals surface area contributed by atoms with E-state index in [0.717, 1.165) is 11.5 Å². The van der Waals surface area contributed by atoms with E-state index in [9.17, 15) is 14.4 Å². The van der Waals surface area contributed by atoms with Gasteiger partial charge in [-0.15, -0.1) is 0 Å². The van der Waals surface area contributed by atoms with E-state index in [-0.39, 0.29) is 31.2 Å². The molecule has 0 atom stereocenters. The van der Waals surface area contributed by atoms with Crippen LogP contribution in [0, 0.1) is 0 Å². The number of carbonyl (C=O) groups excluding carboxylic acids is 3. The summed E-state index contributed by atoms with van der Waals surface area (Å²) < 4.78 is 9.71. The first-order valence-electron chi connectivity index (χ1n) is 8.13. The minimum absolute atomic E-state index is 0.0296. The van der Waals surface area contributed by atoms with E-state index in [1.807, 2.05) is 6.92 Å². The van der Waals surface area contributed by atoms with Crippen molar-refractivity contribution >= 4 is 23.7 Å². The molecule has 0 fully saturated rings. The Morgan fingerprint density at radius 1 is 1.12 bits per heavy atom. The number of hydrogen-bond acceptors (Lipinski definition) is 8. The van der Waals surface area contributed by atoms with E-state index in [2.05, 4.69) is 9.97 Å². The monoisotopic (exact) mass is 353 g/mol. The molecule has 0 saturated heterocycles.